The molecule has 3 rings (SSSR count). The fourth-order valence-corrected chi connectivity index (χ4v) is 3.34. The molecular formula is C19H21ClN4O2S. The van der Waals surface area contributed by atoms with Crippen molar-refractivity contribution in [2.24, 2.45) is 0 Å². The summed E-state index contributed by atoms with van der Waals surface area (Å²) in [6, 6.07) is 15.4. The van der Waals surface area contributed by atoms with Gasteiger partial charge in [0.2, 0.25) is 5.16 Å². The summed E-state index contributed by atoms with van der Waals surface area (Å²) in [6.07, 6.45) is -0.757. The number of ether oxygens (including phenoxy) is 1. The Bertz CT molecular complexity index is 855. The minimum atomic E-state index is -0.632. The monoisotopic (exact) mass is 404 g/mol. The van der Waals surface area contributed by atoms with Gasteiger partial charge in [0.15, 0.2) is 0 Å². The second-order valence-corrected chi connectivity index (χ2v) is 7.62. The number of halogens is 1. The van der Waals surface area contributed by atoms with Crippen LogP contribution in [0.1, 0.15) is 24.2 Å². The lowest BCUT2D eigenvalue weighted by Gasteiger charge is -2.16. The van der Waals surface area contributed by atoms with E-state index in [9.17, 15) is 5.11 Å². The first-order valence-corrected chi connectivity index (χ1v) is 9.92. The van der Waals surface area contributed by atoms with E-state index < -0.39 is 6.10 Å². The molecule has 142 valence electrons. The Kier molecular flexibility index (Phi) is 6.84. The quantitative estimate of drug-likeness (QED) is 0.575. The zero-order valence-corrected chi connectivity index (χ0v) is 16.7. The first-order chi connectivity index (χ1) is 13.0. The molecule has 1 heterocycles. The number of aryl methyl sites for hydroxylation is 1. The van der Waals surface area contributed by atoms with Gasteiger partial charge >= 0.3 is 0 Å². The Hall–Kier alpha value is -1.93. The molecule has 0 saturated heterocycles. The Morgan fingerprint density at radius 1 is 1.15 bits per heavy atom. The SMILES string of the molecule is Cc1ccc(-n2nnnc2SC[C@H](O)CO[C@H](C)c2ccc(Cl)cc2)cc1. The smallest absolute Gasteiger partial charge is 0.214 e. The Labute approximate surface area is 167 Å². The van der Waals surface area contributed by atoms with Gasteiger partial charge in [-0.3, -0.25) is 0 Å². The molecule has 2 atom stereocenters. The van der Waals surface area contributed by atoms with Crippen molar-refractivity contribution >= 4 is 23.4 Å². The van der Waals surface area contributed by atoms with Crippen molar-refractivity contribution in [2.75, 3.05) is 12.4 Å². The molecule has 3 aromatic rings. The maximum atomic E-state index is 10.2. The summed E-state index contributed by atoms with van der Waals surface area (Å²) in [5.74, 6) is 0.430. The molecule has 2 aromatic carbocycles. The number of thioether (sulfide) groups is 1. The fraction of sp³-hybridized carbons (Fsp3) is 0.316. The van der Waals surface area contributed by atoms with Crippen LogP contribution in [0.25, 0.3) is 5.69 Å². The predicted octanol–water partition coefficient (Wildman–Crippen LogP) is 3.85. The lowest BCUT2D eigenvalue weighted by Crippen LogP contribution is -2.19. The van der Waals surface area contributed by atoms with Gasteiger partial charge in [-0.15, -0.1) is 5.10 Å². The van der Waals surface area contributed by atoms with Gasteiger partial charge in [0.1, 0.15) is 0 Å². The molecule has 6 nitrogen and oxygen atoms in total. The van der Waals surface area contributed by atoms with Gasteiger partial charge in [-0.25, -0.2) is 0 Å². The van der Waals surface area contributed by atoms with Crippen molar-refractivity contribution in [2.45, 2.75) is 31.2 Å². The third-order valence-corrected chi connectivity index (χ3v) is 5.32. The number of benzene rings is 2. The zero-order valence-electron chi connectivity index (χ0n) is 15.1. The standard InChI is InChI=1S/C19H21ClN4O2S/c1-13-3-9-17(10-4-13)24-19(21-22-23-24)27-12-18(25)11-26-14(2)15-5-7-16(20)8-6-15/h3-10,14,18,25H,11-12H2,1-2H3/t14-,18-/m1/s1. The minimum absolute atomic E-state index is 0.125. The molecular weight excluding hydrogens is 384 g/mol. The first kappa shape index (κ1) is 19.8. The number of nitrogens with zero attached hydrogens (tertiary/aromatic N) is 4. The van der Waals surface area contributed by atoms with Crippen molar-refractivity contribution in [1.82, 2.24) is 20.2 Å². The molecule has 8 heteroatoms. The summed E-state index contributed by atoms with van der Waals surface area (Å²) in [6.45, 7) is 4.20. The molecule has 0 spiro atoms. The van der Waals surface area contributed by atoms with Crippen LogP contribution in [-0.4, -0.2) is 43.8 Å². The van der Waals surface area contributed by atoms with E-state index in [1.807, 2.05) is 62.4 Å². The molecule has 0 unspecified atom stereocenters. The Balaban J connectivity index is 1.51. The van der Waals surface area contributed by atoms with Crippen LogP contribution in [0.15, 0.2) is 53.7 Å². The van der Waals surface area contributed by atoms with E-state index >= 15 is 0 Å². The molecule has 0 saturated carbocycles. The molecule has 0 radical (unpaired) electrons. The Morgan fingerprint density at radius 3 is 2.56 bits per heavy atom. The maximum Gasteiger partial charge on any atom is 0.214 e. The molecule has 0 bridgehead atoms. The summed E-state index contributed by atoms with van der Waals surface area (Å²) in [5, 5.41) is 23.4. The highest BCUT2D eigenvalue weighted by atomic mass is 35.5. The van der Waals surface area contributed by atoms with E-state index in [0.717, 1.165) is 11.3 Å². The number of aromatic nitrogens is 4. The van der Waals surface area contributed by atoms with Crippen LogP contribution in [-0.2, 0) is 4.74 Å². The number of rotatable bonds is 8. The van der Waals surface area contributed by atoms with Crippen LogP contribution in [0.3, 0.4) is 0 Å². The molecule has 27 heavy (non-hydrogen) atoms. The van der Waals surface area contributed by atoms with Crippen molar-refractivity contribution in [3.63, 3.8) is 0 Å². The number of aliphatic hydroxyl groups excluding tert-OH is 1. The topological polar surface area (TPSA) is 73.1 Å². The third kappa shape index (κ3) is 5.52. The van der Waals surface area contributed by atoms with Crippen LogP contribution < -0.4 is 0 Å². The maximum absolute atomic E-state index is 10.2. The van der Waals surface area contributed by atoms with E-state index in [0.29, 0.717) is 15.9 Å². The highest BCUT2D eigenvalue weighted by molar-refractivity contribution is 7.99. The molecule has 0 aliphatic rings. The molecule has 0 fully saturated rings. The summed E-state index contributed by atoms with van der Waals surface area (Å²) < 4.78 is 7.42. The molecule has 0 aliphatic heterocycles. The molecule has 0 aliphatic carbocycles. The van der Waals surface area contributed by atoms with Gasteiger partial charge in [0, 0.05) is 10.8 Å². The average molecular weight is 405 g/mol. The third-order valence-electron chi connectivity index (χ3n) is 4.00. The van der Waals surface area contributed by atoms with Gasteiger partial charge < -0.3 is 9.84 Å². The van der Waals surface area contributed by atoms with Crippen molar-refractivity contribution in [1.29, 1.82) is 0 Å². The normalized spacial score (nSPS) is 13.5. The minimum Gasteiger partial charge on any atom is -0.390 e. The van der Waals surface area contributed by atoms with Crippen LogP contribution in [0, 0.1) is 6.92 Å². The summed E-state index contributed by atoms with van der Waals surface area (Å²) in [7, 11) is 0. The van der Waals surface area contributed by atoms with E-state index in [1.165, 1.54) is 17.3 Å². The van der Waals surface area contributed by atoms with Gasteiger partial charge in [-0.05, 0) is 54.1 Å². The van der Waals surface area contributed by atoms with Crippen LogP contribution in [0.2, 0.25) is 5.02 Å². The largest absolute Gasteiger partial charge is 0.390 e. The fourth-order valence-electron chi connectivity index (χ4n) is 2.42. The first-order valence-electron chi connectivity index (χ1n) is 8.56. The molecule has 0 amide bonds. The Morgan fingerprint density at radius 2 is 1.85 bits per heavy atom. The van der Waals surface area contributed by atoms with Crippen LogP contribution in [0.4, 0.5) is 0 Å². The molecule has 1 N–H and O–H groups in total. The van der Waals surface area contributed by atoms with Crippen molar-refractivity contribution in [3.8, 4) is 5.69 Å². The van der Waals surface area contributed by atoms with Gasteiger partial charge in [-0.2, -0.15) is 4.68 Å². The lowest BCUT2D eigenvalue weighted by atomic mass is 10.1. The van der Waals surface area contributed by atoms with E-state index in [1.54, 1.807) is 4.68 Å². The van der Waals surface area contributed by atoms with E-state index in [-0.39, 0.29) is 12.7 Å². The zero-order chi connectivity index (χ0) is 19.2. The summed E-state index contributed by atoms with van der Waals surface area (Å²) in [5.41, 5.74) is 3.07. The van der Waals surface area contributed by atoms with Crippen molar-refractivity contribution in [3.05, 3.63) is 64.7 Å². The van der Waals surface area contributed by atoms with Crippen LogP contribution >= 0.6 is 23.4 Å². The summed E-state index contributed by atoms with van der Waals surface area (Å²) >= 11 is 7.29. The van der Waals surface area contributed by atoms with Gasteiger partial charge in [0.25, 0.3) is 0 Å². The number of aliphatic hydroxyl groups is 1. The van der Waals surface area contributed by atoms with Crippen LogP contribution in [0.5, 0.6) is 0 Å². The van der Waals surface area contributed by atoms with Gasteiger partial charge in [0.05, 0.1) is 24.5 Å². The highest BCUT2D eigenvalue weighted by Crippen LogP contribution is 2.22. The van der Waals surface area contributed by atoms with E-state index in [2.05, 4.69) is 15.5 Å². The highest BCUT2D eigenvalue weighted by Gasteiger charge is 2.14. The number of hydrogen-bond donors (Lipinski definition) is 1. The average Bonchev–Trinajstić information content (AvgIpc) is 3.14. The second kappa shape index (κ2) is 9.32. The molecule has 1 aromatic heterocycles. The summed E-state index contributed by atoms with van der Waals surface area (Å²) in [4.78, 5) is 0. The predicted molar refractivity (Wildman–Crippen MR) is 106 cm³/mol. The van der Waals surface area contributed by atoms with Gasteiger partial charge in [-0.1, -0.05) is 53.2 Å². The second-order valence-electron chi connectivity index (χ2n) is 6.20. The number of tetrazole rings is 1. The van der Waals surface area contributed by atoms with E-state index in [4.69, 9.17) is 16.3 Å². The lowest BCUT2D eigenvalue weighted by molar-refractivity contribution is 0.00621. The number of hydrogen-bond acceptors (Lipinski definition) is 6. The van der Waals surface area contributed by atoms with Crippen molar-refractivity contribution < 1.29 is 9.84 Å².